The number of ether oxygens (including phenoxy) is 2. The Balaban J connectivity index is 2.24. The Morgan fingerprint density at radius 2 is 1.96 bits per heavy atom. The molecule has 0 spiro atoms. The van der Waals surface area contributed by atoms with E-state index in [9.17, 15) is 13.2 Å². The molecule has 0 aromatic heterocycles. The molecule has 2 rings (SSSR count). The molecule has 0 saturated carbocycles. The minimum absolute atomic E-state index is 0.102. The van der Waals surface area contributed by atoms with Crippen LogP contribution in [0, 0.1) is 0 Å². The van der Waals surface area contributed by atoms with Crippen molar-refractivity contribution in [2.24, 2.45) is 0 Å². The second-order valence-electron chi connectivity index (χ2n) is 5.74. The zero-order valence-corrected chi connectivity index (χ0v) is 14.5. The average molecular weight is 341 g/mol. The fourth-order valence-electron chi connectivity index (χ4n) is 2.54. The lowest BCUT2D eigenvalue weighted by Gasteiger charge is -2.34. The summed E-state index contributed by atoms with van der Waals surface area (Å²) in [6.45, 7) is 6.50. The maximum absolute atomic E-state index is 12.8. The highest BCUT2D eigenvalue weighted by Crippen LogP contribution is 2.22. The molecule has 1 aromatic rings. The lowest BCUT2D eigenvalue weighted by Crippen LogP contribution is -2.48. The molecule has 0 bridgehead atoms. The van der Waals surface area contributed by atoms with Crippen LogP contribution < -0.4 is 0 Å². The van der Waals surface area contributed by atoms with Crippen molar-refractivity contribution in [3.8, 4) is 0 Å². The molecular weight excluding hydrogens is 318 g/mol. The van der Waals surface area contributed by atoms with E-state index in [0.717, 1.165) is 0 Å². The molecule has 0 radical (unpaired) electrons. The Bertz CT molecular complexity index is 648. The molecular formula is C16H23NO5S. The Morgan fingerprint density at radius 3 is 2.57 bits per heavy atom. The zero-order chi connectivity index (χ0) is 17.0. The number of morpholine rings is 1. The topological polar surface area (TPSA) is 72.9 Å². The van der Waals surface area contributed by atoms with Gasteiger partial charge in [-0.3, -0.25) is 0 Å². The summed E-state index contributed by atoms with van der Waals surface area (Å²) in [5.74, 6) is -0.507. The zero-order valence-electron chi connectivity index (χ0n) is 13.7. The minimum Gasteiger partial charge on any atom is -0.462 e. The van der Waals surface area contributed by atoms with Crippen LogP contribution in [0.25, 0.3) is 0 Å². The summed E-state index contributed by atoms with van der Waals surface area (Å²) < 4.78 is 37.6. The van der Waals surface area contributed by atoms with Gasteiger partial charge in [-0.2, -0.15) is 4.31 Å². The quantitative estimate of drug-likeness (QED) is 0.767. The first-order valence-electron chi connectivity index (χ1n) is 7.77. The van der Waals surface area contributed by atoms with Gasteiger partial charge in [0.1, 0.15) is 0 Å². The molecule has 1 saturated heterocycles. The summed E-state index contributed by atoms with van der Waals surface area (Å²) in [4.78, 5) is 12.0. The standard InChI is InChI=1S/C16H23NO5S/c1-4-8-21-16(18)14-6-5-7-15(9-14)23(19,20)17-10-12(2)22-13(3)11-17/h5-7,9,12-13H,4,8,10-11H2,1-3H3. The predicted molar refractivity (Wildman–Crippen MR) is 85.8 cm³/mol. The number of nitrogens with zero attached hydrogens (tertiary/aromatic N) is 1. The van der Waals surface area contributed by atoms with Crippen LogP contribution in [-0.4, -0.2) is 50.6 Å². The summed E-state index contributed by atoms with van der Waals surface area (Å²) in [6.07, 6.45) is 0.394. The van der Waals surface area contributed by atoms with Crippen molar-refractivity contribution in [1.82, 2.24) is 4.31 Å². The average Bonchev–Trinajstić information content (AvgIpc) is 2.51. The molecule has 128 valence electrons. The summed E-state index contributed by atoms with van der Waals surface area (Å²) in [5.41, 5.74) is 0.244. The molecule has 1 aromatic carbocycles. The molecule has 7 heteroatoms. The molecule has 0 N–H and O–H groups in total. The van der Waals surface area contributed by atoms with Crippen LogP contribution in [0.3, 0.4) is 0 Å². The Labute approximate surface area is 137 Å². The van der Waals surface area contributed by atoms with Gasteiger partial charge in [0.25, 0.3) is 0 Å². The first-order valence-corrected chi connectivity index (χ1v) is 9.21. The van der Waals surface area contributed by atoms with Crippen molar-refractivity contribution in [2.45, 2.75) is 44.3 Å². The van der Waals surface area contributed by atoms with Gasteiger partial charge in [0.15, 0.2) is 0 Å². The smallest absolute Gasteiger partial charge is 0.338 e. The molecule has 1 aliphatic heterocycles. The molecule has 0 amide bonds. The van der Waals surface area contributed by atoms with Crippen molar-refractivity contribution in [3.05, 3.63) is 29.8 Å². The highest BCUT2D eigenvalue weighted by molar-refractivity contribution is 7.89. The van der Waals surface area contributed by atoms with Gasteiger partial charge < -0.3 is 9.47 Å². The molecule has 1 fully saturated rings. The fraction of sp³-hybridized carbons (Fsp3) is 0.562. The predicted octanol–water partition coefficient (Wildman–Crippen LogP) is 2.05. The normalized spacial score (nSPS) is 22.7. The number of hydrogen-bond donors (Lipinski definition) is 0. The second-order valence-corrected chi connectivity index (χ2v) is 7.68. The van der Waals surface area contributed by atoms with Crippen molar-refractivity contribution in [2.75, 3.05) is 19.7 Å². The molecule has 23 heavy (non-hydrogen) atoms. The van der Waals surface area contributed by atoms with Gasteiger partial charge >= 0.3 is 5.97 Å². The molecule has 1 aliphatic rings. The lowest BCUT2D eigenvalue weighted by molar-refractivity contribution is -0.0440. The first kappa shape index (κ1) is 17.9. The van der Waals surface area contributed by atoms with E-state index in [0.29, 0.717) is 26.1 Å². The maximum atomic E-state index is 12.8. The van der Waals surface area contributed by atoms with Gasteiger partial charge in [-0.05, 0) is 38.5 Å². The van der Waals surface area contributed by atoms with Gasteiger partial charge in [-0.25, -0.2) is 13.2 Å². The third kappa shape index (κ3) is 4.31. The third-order valence-electron chi connectivity index (χ3n) is 3.53. The number of hydrogen-bond acceptors (Lipinski definition) is 5. The monoisotopic (exact) mass is 341 g/mol. The van der Waals surface area contributed by atoms with Crippen molar-refractivity contribution in [3.63, 3.8) is 0 Å². The van der Waals surface area contributed by atoms with Gasteiger partial charge in [-0.15, -0.1) is 0 Å². The summed E-state index contributed by atoms with van der Waals surface area (Å²) in [6, 6.07) is 5.99. The Morgan fingerprint density at radius 1 is 1.30 bits per heavy atom. The van der Waals surface area contributed by atoms with Crippen LogP contribution in [0.1, 0.15) is 37.6 Å². The van der Waals surface area contributed by atoms with Crippen LogP contribution in [-0.2, 0) is 19.5 Å². The Hall–Kier alpha value is -1.44. The highest BCUT2D eigenvalue weighted by atomic mass is 32.2. The number of carbonyl (C=O) groups excluding carboxylic acids is 1. The van der Waals surface area contributed by atoms with E-state index in [4.69, 9.17) is 9.47 Å². The molecule has 0 aliphatic carbocycles. The van der Waals surface area contributed by atoms with E-state index in [2.05, 4.69) is 0 Å². The number of sulfonamides is 1. The van der Waals surface area contributed by atoms with E-state index in [1.807, 2.05) is 20.8 Å². The molecule has 2 atom stereocenters. The second kappa shape index (κ2) is 7.42. The van der Waals surface area contributed by atoms with Crippen LogP contribution in [0.5, 0.6) is 0 Å². The number of esters is 1. The van der Waals surface area contributed by atoms with E-state index >= 15 is 0 Å². The molecule has 6 nitrogen and oxygen atoms in total. The number of carbonyl (C=O) groups is 1. The first-order chi connectivity index (χ1) is 10.8. The SMILES string of the molecule is CCCOC(=O)c1cccc(S(=O)(=O)N2CC(C)OC(C)C2)c1. The minimum atomic E-state index is -3.66. The van der Waals surface area contributed by atoms with E-state index in [1.165, 1.54) is 16.4 Å². The van der Waals surface area contributed by atoms with E-state index in [-0.39, 0.29) is 22.7 Å². The largest absolute Gasteiger partial charge is 0.462 e. The van der Waals surface area contributed by atoms with Crippen LogP contribution in [0.2, 0.25) is 0 Å². The fourth-order valence-corrected chi connectivity index (χ4v) is 4.17. The number of rotatable bonds is 5. The Kier molecular flexibility index (Phi) is 5.78. The summed E-state index contributed by atoms with van der Waals surface area (Å²) >= 11 is 0. The maximum Gasteiger partial charge on any atom is 0.338 e. The summed E-state index contributed by atoms with van der Waals surface area (Å²) in [5, 5.41) is 0. The van der Waals surface area contributed by atoms with E-state index in [1.54, 1.807) is 12.1 Å². The summed E-state index contributed by atoms with van der Waals surface area (Å²) in [7, 11) is -3.66. The number of benzene rings is 1. The van der Waals surface area contributed by atoms with Crippen molar-refractivity contribution in [1.29, 1.82) is 0 Å². The highest BCUT2D eigenvalue weighted by Gasteiger charge is 2.32. The van der Waals surface area contributed by atoms with Crippen LogP contribution >= 0.6 is 0 Å². The van der Waals surface area contributed by atoms with Crippen molar-refractivity contribution >= 4 is 16.0 Å². The molecule has 2 unspecified atom stereocenters. The third-order valence-corrected chi connectivity index (χ3v) is 5.36. The molecule has 1 heterocycles. The van der Waals surface area contributed by atoms with Crippen LogP contribution in [0.15, 0.2) is 29.2 Å². The van der Waals surface area contributed by atoms with Crippen molar-refractivity contribution < 1.29 is 22.7 Å². The van der Waals surface area contributed by atoms with Gasteiger partial charge in [0.2, 0.25) is 10.0 Å². The van der Waals surface area contributed by atoms with Crippen LogP contribution in [0.4, 0.5) is 0 Å². The van der Waals surface area contributed by atoms with E-state index < -0.39 is 16.0 Å². The lowest BCUT2D eigenvalue weighted by atomic mass is 10.2. The van der Waals surface area contributed by atoms with Gasteiger partial charge in [0.05, 0.1) is 29.3 Å². The van der Waals surface area contributed by atoms with Gasteiger partial charge in [0, 0.05) is 13.1 Å². The van der Waals surface area contributed by atoms with Gasteiger partial charge in [-0.1, -0.05) is 13.0 Å².